The van der Waals surface area contributed by atoms with E-state index in [1.54, 1.807) is 6.92 Å². The molecular formula is C11H23NO3. The molecule has 2 N–H and O–H groups in total. The van der Waals surface area contributed by atoms with Crippen LogP contribution in [0.15, 0.2) is 0 Å². The minimum atomic E-state index is -0.586. The Morgan fingerprint density at radius 3 is 2.20 bits per heavy atom. The number of aliphatic hydroxyl groups is 1. The van der Waals surface area contributed by atoms with Gasteiger partial charge >= 0.3 is 6.09 Å². The van der Waals surface area contributed by atoms with Crippen LogP contribution < -0.4 is 5.32 Å². The van der Waals surface area contributed by atoms with E-state index in [4.69, 9.17) is 4.74 Å². The van der Waals surface area contributed by atoms with Gasteiger partial charge in [-0.25, -0.2) is 4.79 Å². The molecule has 0 aliphatic rings. The number of nitrogens with one attached hydrogen (secondary N) is 1. The van der Waals surface area contributed by atoms with E-state index in [-0.39, 0.29) is 6.61 Å². The van der Waals surface area contributed by atoms with Crippen LogP contribution in [0.25, 0.3) is 0 Å². The number of hydrogen-bond acceptors (Lipinski definition) is 3. The van der Waals surface area contributed by atoms with Gasteiger partial charge in [0.2, 0.25) is 0 Å². The van der Waals surface area contributed by atoms with Crippen molar-refractivity contribution in [1.29, 1.82) is 0 Å². The molecule has 0 fully saturated rings. The minimum Gasteiger partial charge on any atom is -0.444 e. The van der Waals surface area contributed by atoms with Gasteiger partial charge in [-0.3, -0.25) is 0 Å². The molecule has 0 bridgehead atoms. The van der Waals surface area contributed by atoms with Crippen LogP contribution in [0.3, 0.4) is 0 Å². The number of carbonyl (C=O) groups is 1. The van der Waals surface area contributed by atoms with Crippen molar-refractivity contribution in [3.8, 4) is 0 Å². The number of aliphatic hydroxyl groups excluding tert-OH is 1. The van der Waals surface area contributed by atoms with E-state index >= 15 is 0 Å². The Morgan fingerprint density at radius 1 is 1.33 bits per heavy atom. The molecule has 0 radical (unpaired) electrons. The summed E-state index contributed by atoms with van der Waals surface area (Å²) in [6.07, 6.45) is 1.14. The summed E-state index contributed by atoms with van der Waals surface area (Å²) in [5.74, 6) is 0. The normalized spacial score (nSPS) is 15.6. The molecule has 90 valence electrons. The second-order valence-corrected chi connectivity index (χ2v) is 5.10. The predicted octanol–water partition coefficient (Wildman–Crippen LogP) is 2.06. The van der Waals surface area contributed by atoms with E-state index < -0.39 is 17.2 Å². The number of alkyl carbamates (subject to hydrolysis) is 1. The molecule has 0 aromatic heterocycles. The number of rotatable bonds is 4. The van der Waals surface area contributed by atoms with Gasteiger partial charge in [0.1, 0.15) is 5.60 Å². The third kappa shape index (κ3) is 6.33. The lowest BCUT2D eigenvalue weighted by Gasteiger charge is -2.30. The van der Waals surface area contributed by atoms with E-state index in [2.05, 4.69) is 5.32 Å². The lowest BCUT2D eigenvalue weighted by molar-refractivity contribution is 0.0406. The first-order valence-corrected chi connectivity index (χ1v) is 5.34. The maximum atomic E-state index is 11.5. The molecule has 0 aromatic rings. The fraction of sp³-hybridized carbons (Fsp3) is 0.909. The SMILES string of the molecule is CCCC(C)(CO)NC(=O)OC(C)(C)C. The van der Waals surface area contributed by atoms with Crippen molar-refractivity contribution >= 4 is 6.09 Å². The minimum absolute atomic E-state index is 0.0833. The average molecular weight is 217 g/mol. The summed E-state index contributed by atoms with van der Waals surface area (Å²) in [6, 6.07) is 0. The van der Waals surface area contributed by atoms with Gasteiger partial charge in [0.15, 0.2) is 0 Å². The molecule has 0 aliphatic carbocycles. The van der Waals surface area contributed by atoms with Crippen LogP contribution >= 0.6 is 0 Å². The van der Waals surface area contributed by atoms with Gasteiger partial charge < -0.3 is 15.2 Å². The zero-order valence-corrected chi connectivity index (χ0v) is 10.4. The summed E-state index contributed by atoms with van der Waals surface area (Å²) >= 11 is 0. The van der Waals surface area contributed by atoms with Crippen LogP contribution in [0.1, 0.15) is 47.5 Å². The van der Waals surface area contributed by atoms with Crippen LogP contribution in [0.4, 0.5) is 4.79 Å². The monoisotopic (exact) mass is 217 g/mol. The van der Waals surface area contributed by atoms with Gasteiger partial charge in [0, 0.05) is 0 Å². The molecular weight excluding hydrogens is 194 g/mol. The van der Waals surface area contributed by atoms with Gasteiger partial charge in [0.25, 0.3) is 0 Å². The van der Waals surface area contributed by atoms with Crippen LogP contribution in [0, 0.1) is 0 Å². The van der Waals surface area contributed by atoms with Crippen LogP contribution in [0.5, 0.6) is 0 Å². The molecule has 0 rings (SSSR count). The molecule has 1 atom stereocenters. The van der Waals surface area contributed by atoms with Crippen molar-refractivity contribution in [2.24, 2.45) is 0 Å². The molecule has 4 heteroatoms. The zero-order valence-electron chi connectivity index (χ0n) is 10.4. The molecule has 0 aliphatic heterocycles. The summed E-state index contributed by atoms with van der Waals surface area (Å²) in [7, 11) is 0. The van der Waals surface area contributed by atoms with E-state index in [0.717, 1.165) is 12.8 Å². The van der Waals surface area contributed by atoms with Crippen molar-refractivity contribution in [2.75, 3.05) is 6.61 Å². The van der Waals surface area contributed by atoms with Crippen LogP contribution in [-0.4, -0.2) is 28.9 Å². The van der Waals surface area contributed by atoms with Crippen LogP contribution in [0.2, 0.25) is 0 Å². The Kier molecular flexibility index (Phi) is 5.08. The van der Waals surface area contributed by atoms with Gasteiger partial charge in [-0.2, -0.15) is 0 Å². The standard InChI is InChI=1S/C11H23NO3/c1-6-7-11(5,8-13)12-9(14)15-10(2,3)4/h13H,6-8H2,1-5H3,(H,12,14). The smallest absolute Gasteiger partial charge is 0.408 e. The molecule has 4 nitrogen and oxygen atoms in total. The van der Waals surface area contributed by atoms with Crippen molar-refractivity contribution < 1.29 is 14.6 Å². The highest BCUT2D eigenvalue weighted by Crippen LogP contribution is 2.13. The fourth-order valence-electron chi connectivity index (χ4n) is 1.28. The quantitative estimate of drug-likeness (QED) is 0.757. The highest BCUT2D eigenvalue weighted by Gasteiger charge is 2.27. The second kappa shape index (κ2) is 5.35. The maximum absolute atomic E-state index is 11.5. The number of hydrogen-bond donors (Lipinski definition) is 2. The lowest BCUT2D eigenvalue weighted by Crippen LogP contribution is -2.50. The Labute approximate surface area is 92.0 Å². The maximum Gasteiger partial charge on any atom is 0.408 e. The van der Waals surface area contributed by atoms with Crippen molar-refractivity contribution in [2.45, 2.75) is 58.6 Å². The molecule has 0 heterocycles. The Morgan fingerprint density at radius 2 is 1.87 bits per heavy atom. The van der Waals surface area contributed by atoms with Crippen molar-refractivity contribution in [1.82, 2.24) is 5.32 Å². The molecule has 0 aromatic carbocycles. The third-order valence-corrected chi connectivity index (χ3v) is 1.95. The van der Waals surface area contributed by atoms with Gasteiger partial charge in [-0.15, -0.1) is 0 Å². The Balaban J connectivity index is 4.24. The Bertz CT molecular complexity index is 210. The Hall–Kier alpha value is -0.770. The van der Waals surface area contributed by atoms with Gasteiger partial charge in [-0.1, -0.05) is 13.3 Å². The largest absolute Gasteiger partial charge is 0.444 e. The van der Waals surface area contributed by atoms with Crippen molar-refractivity contribution in [3.63, 3.8) is 0 Å². The van der Waals surface area contributed by atoms with Crippen molar-refractivity contribution in [3.05, 3.63) is 0 Å². The van der Waals surface area contributed by atoms with Gasteiger partial charge in [0.05, 0.1) is 12.1 Å². The number of carbonyl (C=O) groups excluding carboxylic acids is 1. The first-order valence-electron chi connectivity index (χ1n) is 5.34. The zero-order chi connectivity index (χ0) is 12.1. The van der Waals surface area contributed by atoms with E-state index in [1.165, 1.54) is 0 Å². The molecule has 15 heavy (non-hydrogen) atoms. The van der Waals surface area contributed by atoms with E-state index in [9.17, 15) is 9.90 Å². The van der Waals surface area contributed by atoms with E-state index in [1.807, 2.05) is 27.7 Å². The molecule has 1 amide bonds. The summed E-state index contributed by atoms with van der Waals surface area (Å²) in [5, 5.41) is 11.9. The molecule has 1 unspecified atom stereocenters. The fourth-order valence-corrected chi connectivity index (χ4v) is 1.28. The summed E-state index contributed by atoms with van der Waals surface area (Å²) in [6.45, 7) is 9.15. The third-order valence-electron chi connectivity index (χ3n) is 1.95. The summed E-state index contributed by atoms with van der Waals surface area (Å²) in [4.78, 5) is 11.5. The van der Waals surface area contributed by atoms with E-state index in [0.29, 0.717) is 0 Å². The average Bonchev–Trinajstić information content (AvgIpc) is 2.00. The first-order chi connectivity index (χ1) is 6.72. The first kappa shape index (κ1) is 14.2. The number of ether oxygens (including phenoxy) is 1. The number of amides is 1. The summed E-state index contributed by atoms with van der Waals surface area (Å²) < 4.78 is 5.12. The van der Waals surface area contributed by atoms with Gasteiger partial charge in [-0.05, 0) is 34.1 Å². The molecule has 0 saturated carbocycles. The van der Waals surface area contributed by atoms with Crippen LogP contribution in [-0.2, 0) is 4.74 Å². The topological polar surface area (TPSA) is 58.6 Å². The molecule has 0 spiro atoms. The highest BCUT2D eigenvalue weighted by atomic mass is 16.6. The highest BCUT2D eigenvalue weighted by molar-refractivity contribution is 5.68. The predicted molar refractivity (Wildman–Crippen MR) is 59.8 cm³/mol. The summed E-state index contributed by atoms with van der Waals surface area (Å²) in [5.41, 5.74) is -1.09. The molecule has 0 saturated heterocycles. The second-order valence-electron chi connectivity index (χ2n) is 5.10. The lowest BCUT2D eigenvalue weighted by atomic mass is 9.98.